The van der Waals surface area contributed by atoms with Crippen LogP contribution < -0.4 is 0 Å². The minimum absolute atomic E-state index is 0. The number of hydrogen-bond acceptors (Lipinski definition) is 1. The molecule has 1 aliphatic rings. The molecule has 0 aromatic heterocycles. The Kier molecular flexibility index (Phi) is 12.7. The summed E-state index contributed by atoms with van der Waals surface area (Å²) in [7, 11) is -0.166. The minimum atomic E-state index is -0.166. The quantitative estimate of drug-likeness (QED) is 0.380. The van der Waals surface area contributed by atoms with Gasteiger partial charge < -0.3 is 4.74 Å². The van der Waals surface area contributed by atoms with Crippen LogP contribution in [-0.2, 0) is 48.2 Å². The van der Waals surface area contributed by atoms with Crippen LogP contribution in [0.15, 0.2) is 12.3 Å². The monoisotopic (exact) mass is 533 g/mol. The van der Waals surface area contributed by atoms with E-state index in [1.54, 1.807) is 0 Å². The largest absolute Gasteiger partial charge is 1.00 e. The fraction of sp³-hybridized carbons (Fsp3) is 0.571. The van der Waals surface area contributed by atoms with Gasteiger partial charge in [-0.3, -0.25) is 0 Å². The molecule has 1 heterocycles. The van der Waals surface area contributed by atoms with E-state index in [0.29, 0.717) is 0 Å². The second-order valence-corrected chi connectivity index (χ2v) is 4.11. The molecule has 0 unspecified atom stereocenters. The predicted molar refractivity (Wildman–Crippen MR) is 41.8 cm³/mol. The van der Waals surface area contributed by atoms with Crippen molar-refractivity contribution in [1.82, 2.24) is 0 Å². The maximum Gasteiger partial charge on any atom is 1.00 e. The average Bonchev–Trinajstić information content (AvgIpc) is 1.91. The summed E-state index contributed by atoms with van der Waals surface area (Å²) in [6.07, 6.45) is 3.78. The molecule has 0 spiro atoms. The van der Waals surface area contributed by atoms with Gasteiger partial charge in [-0.2, -0.15) is 12.1 Å². The summed E-state index contributed by atoms with van der Waals surface area (Å²) in [4.78, 5) is 0. The Morgan fingerprint density at radius 3 is 2.64 bits per heavy atom. The smallest absolute Gasteiger partial charge is 0.551 e. The van der Waals surface area contributed by atoms with Crippen LogP contribution in [0.25, 0.3) is 0 Å². The van der Waals surface area contributed by atoms with Crippen LogP contribution in [0.5, 0.6) is 0 Å². The van der Waals surface area contributed by atoms with Crippen LogP contribution >= 0.6 is 0 Å². The van der Waals surface area contributed by atoms with E-state index >= 15 is 0 Å². The summed E-state index contributed by atoms with van der Waals surface area (Å²) in [6.45, 7) is 4.67. The van der Waals surface area contributed by atoms with Crippen molar-refractivity contribution in [3.05, 3.63) is 18.0 Å². The van der Waals surface area contributed by atoms with E-state index in [4.69, 9.17) is 4.74 Å². The van der Waals surface area contributed by atoms with Gasteiger partial charge in [-0.05, 0) is 6.42 Å². The maximum absolute atomic E-state index is 5.43. The van der Waals surface area contributed by atoms with Gasteiger partial charge in [0, 0.05) is 27.7 Å². The zero-order valence-electron chi connectivity index (χ0n) is 6.35. The molecule has 1 aliphatic heterocycles. The summed E-state index contributed by atoms with van der Waals surface area (Å²) in [5.74, 6) is 0. The van der Waals surface area contributed by atoms with Gasteiger partial charge >= 0.3 is 22.4 Å². The minimum Gasteiger partial charge on any atom is -0.551 e. The molecule has 0 N–H and O–H groups in total. The third-order valence-electron chi connectivity index (χ3n) is 1.53. The van der Waals surface area contributed by atoms with Crippen molar-refractivity contribution < 1.29 is 48.2 Å². The van der Waals surface area contributed by atoms with Gasteiger partial charge in [0.05, 0.1) is 0 Å². The normalized spacial score (nSPS) is 18.9. The molecule has 1 saturated heterocycles. The van der Waals surface area contributed by atoms with Crippen molar-refractivity contribution in [1.29, 1.82) is 0 Å². The van der Waals surface area contributed by atoms with Crippen molar-refractivity contribution >= 4 is 9.52 Å². The second kappa shape index (κ2) is 9.43. The Hall–Kier alpha value is 1.35. The molecule has 0 aromatic carbocycles. The summed E-state index contributed by atoms with van der Waals surface area (Å²) < 4.78 is 5.43. The van der Waals surface area contributed by atoms with Crippen LogP contribution in [0.1, 0.15) is 19.3 Å². The number of rotatable bonds is 2. The van der Waals surface area contributed by atoms with Crippen LogP contribution in [0.4, 0.5) is 0 Å². The van der Waals surface area contributed by atoms with Gasteiger partial charge in [-0.15, -0.1) is 12.3 Å². The van der Waals surface area contributed by atoms with Crippen LogP contribution in [0.2, 0.25) is 0 Å². The van der Waals surface area contributed by atoms with Crippen molar-refractivity contribution in [2.45, 2.75) is 19.3 Å². The molecule has 0 saturated carbocycles. The predicted octanol–water partition coefficient (Wildman–Crippen LogP) is 0.984. The molecule has 0 atom stereocenters. The summed E-state index contributed by atoms with van der Waals surface area (Å²) in [5.41, 5.74) is 3.40. The van der Waals surface area contributed by atoms with Gasteiger partial charge in [-0.25, -0.2) is 0 Å². The van der Waals surface area contributed by atoms with Crippen molar-refractivity contribution in [3.63, 3.8) is 0 Å². The Bertz CT molecular complexity index is 96.4. The van der Waals surface area contributed by atoms with Crippen molar-refractivity contribution in [2.75, 3.05) is 6.61 Å². The SMILES string of the molecule is C=C[SiH2][C-]1CCCCO1.[Au+].[Pt]. The first-order valence-electron chi connectivity index (χ1n) is 3.52. The zero-order chi connectivity index (χ0) is 6.53. The topological polar surface area (TPSA) is 9.23 Å². The molecule has 72 valence electrons. The van der Waals surface area contributed by atoms with Gasteiger partial charge in [0.15, 0.2) is 0 Å². The van der Waals surface area contributed by atoms with Gasteiger partial charge in [-0.1, -0.05) is 15.9 Å². The Labute approximate surface area is 101 Å². The molecule has 1 nitrogen and oxygen atoms in total. The second-order valence-electron chi connectivity index (χ2n) is 2.34. The number of ether oxygens (including phenoxy) is 1. The Morgan fingerprint density at radius 2 is 2.18 bits per heavy atom. The molecule has 1 fully saturated rings. The Balaban J connectivity index is 0. The van der Waals surface area contributed by atoms with E-state index in [1.807, 2.05) is 5.70 Å². The van der Waals surface area contributed by atoms with E-state index in [-0.39, 0.29) is 53.0 Å². The fourth-order valence-corrected chi connectivity index (χ4v) is 2.07. The summed E-state index contributed by atoms with van der Waals surface area (Å²) in [5, 5.41) is 0. The standard InChI is InChI=1S/C7H13OSi.Au.Pt/c1-2-9-7-5-3-4-6-8-7;;/h2H,1,3-6,9H2;;/q-1;+1;. The van der Waals surface area contributed by atoms with E-state index < -0.39 is 0 Å². The summed E-state index contributed by atoms with van der Waals surface area (Å²) in [6, 6.07) is 0. The molecule has 11 heavy (non-hydrogen) atoms. The molecule has 4 heteroatoms. The molecule has 0 aromatic rings. The van der Waals surface area contributed by atoms with Crippen LogP contribution in [0.3, 0.4) is 0 Å². The molecule has 0 amide bonds. The van der Waals surface area contributed by atoms with Crippen molar-refractivity contribution in [2.24, 2.45) is 0 Å². The molecular formula is C7H13AuOPtSi. The fourth-order valence-electron chi connectivity index (χ4n) is 1.03. The third-order valence-corrected chi connectivity index (χ3v) is 2.83. The first-order valence-corrected chi connectivity index (χ1v) is 5.04. The molecule has 0 aliphatic carbocycles. The first-order chi connectivity index (χ1) is 4.43. The van der Waals surface area contributed by atoms with E-state index in [1.165, 1.54) is 25.0 Å². The van der Waals surface area contributed by atoms with Crippen LogP contribution in [-0.4, -0.2) is 16.1 Å². The van der Waals surface area contributed by atoms with Crippen LogP contribution in [0, 0.1) is 5.73 Å². The van der Waals surface area contributed by atoms with E-state index in [9.17, 15) is 0 Å². The number of hydrogen-bond donors (Lipinski definition) is 0. The molecule has 0 bridgehead atoms. The first kappa shape index (κ1) is 14.8. The zero-order valence-corrected chi connectivity index (χ0v) is 12.2. The van der Waals surface area contributed by atoms with Gasteiger partial charge in [0.2, 0.25) is 0 Å². The average molecular weight is 533 g/mol. The van der Waals surface area contributed by atoms with Crippen molar-refractivity contribution in [3.8, 4) is 0 Å². The molecule has 0 radical (unpaired) electrons. The molecular weight excluding hydrogens is 520 g/mol. The van der Waals surface area contributed by atoms with Gasteiger partial charge in [0.1, 0.15) is 0 Å². The Morgan fingerprint density at radius 1 is 1.45 bits per heavy atom. The molecule has 1 rings (SSSR count). The van der Waals surface area contributed by atoms with E-state index in [0.717, 1.165) is 6.61 Å². The summed E-state index contributed by atoms with van der Waals surface area (Å²) >= 11 is 0. The maximum atomic E-state index is 5.43. The third kappa shape index (κ3) is 6.50. The van der Waals surface area contributed by atoms with Gasteiger partial charge in [0.25, 0.3) is 0 Å². The van der Waals surface area contributed by atoms with E-state index in [2.05, 4.69) is 6.58 Å².